The molecule has 0 radical (unpaired) electrons. The molecule has 0 fully saturated rings. The number of rotatable bonds is 8. The molecule has 1 amide bonds. The molecule has 0 spiro atoms. The molecule has 4 aromatic rings. The molecule has 4 rings (SSSR count). The van der Waals surface area contributed by atoms with Crippen molar-refractivity contribution in [1.29, 1.82) is 0 Å². The molecule has 3 aromatic carbocycles. The average Bonchev–Trinajstić information content (AvgIpc) is 3.32. The van der Waals surface area contributed by atoms with Crippen LogP contribution in [0.25, 0.3) is 6.08 Å². The first-order valence-corrected chi connectivity index (χ1v) is 12.2. The maximum absolute atomic E-state index is 12.4. The largest absolute Gasteiger partial charge is 0.457 e. The Balaban J connectivity index is 1.32. The van der Waals surface area contributed by atoms with Crippen LogP contribution >= 0.6 is 11.3 Å². The van der Waals surface area contributed by atoms with Crippen LogP contribution in [0.1, 0.15) is 5.56 Å². The fourth-order valence-corrected chi connectivity index (χ4v) is 4.58. The first-order chi connectivity index (χ1) is 16.0. The quantitative estimate of drug-likeness (QED) is 0.332. The number of benzene rings is 3. The zero-order chi connectivity index (χ0) is 23.1. The Morgan fingerprint density at radius 3 is 2.27 bits per heavy atom. The molecule has 0 aliphatic carbocycles. The van der Waals surface area contributed by atoms with Crippen LogP contribution in [-0.2, 0) is 14.8 Å². The van der Waals surface area contributed by atoms with Crippen LogP contribution in [0.5, 0.6) is 11.5 Å². The van der Waals surface area contributed by atoms with Gasteiger partial charge in [-0.25, -0.2) is 13.4 Å². The van der Waals surface area contributed by atoms with E-state index in [4.69, 9.17) is 4.74 Å². The molecule has 33 heavy (non-hydrogen) atoms. The predicted octanol–water partition coefficient (Wildman–Crippen LogP) is 5.39. The molecule has 0 aliphatic rings. The van der Waals surface area contributed by atoms with E-state index in [-0.39, 0.29) is 15.9 Å². The lowest BCUT2D eigenvalue weighted by atomic mass is 10.2. The number of aromatic nitrogens is 1. The van der Waals surface area contributed by atoms with Crippen LogP contribution in [0, 0.1) is 0 Å². The van der Waals surface area contributed by atoms with Crippen molar-refractivity contribution in [2.24, 2.45) is 0 Å². The summed E-state index contributed by atoms with van der Waals surface area (Å²) < 4.78 is 32.9. The summed E-state index contributed by atoms with van der Waals surface area (Å²) in [5.41, 5.74) is 1.31. The van der Waals surface area contributed by atoms with Crippen LogP contribution in [0.2, 0.25) is 0 Å². The second-order valence-corrected chi connectivity index (χ2v) is 9.35. The minimum absolute atomic E-state index is 0.0732. The van der Waals surface area contributed by atoms with Crippen molar-refractivity contribution >= 4 is 44.2 Å². The maximum atomic E-state index is 12.4. The highest BCUT2D eigenvalue weighted by molar-refractivity contribution is 7.93. The number of anilines is 2. The summed E-state index contributed by atoms with van der Waals surface area (Å²) in [5.74, 6) is 1.11. The number of hydrogen-bond donors (Lipinski definition) is 2. The topological polar surface area (TPSA) is 97.4 Å². The van der Waals surface area contributed by atoms with Crippen molar-refractivity contribution in [2.75, 3.05) is 10.0 Å². The van der Waals surface area contributed by atoms with E-state index in [9.17, 15) is 13.2 Å². The molecule has 1 aromatic heterocycles. The molecule has 7 nitrogen and oxygen atoms in total. The molecule has 2 N–H and O–H groups in total. The van der Waals surface area contributed by atoms with Crippen molar-refractivity contribution in [2.45, 2.75) is 4.90 Å². The number of nitrogens with zero attached hydrogens (tertiary/aromatic N) is 1. The fourth-order valence-electron chi connectivity index (χ4n) is 2.79. The molecule has 166 valence electrons. The number of para-hydroxylation sites is 1. The molecule has 9 heteroatoms. The summed E-state index contributed by atoms with van der Waals surface area (Å²) >= 11 is 1.19. The van der Waals surface area contributed by atoms with Crippen molar-refractivity contribution in [3.63, 3.8) is 0 Å². The van der Waals surface area contributed by atoms with E-state index in [2.05, 4.69) is 15.0 Å². The third-order valence-electron chi connectivity index (χ3n) is 4.37. The summed E-state index contributed by atoms with van der Waals surface area (Å²) in [5, 5.41) is 4.67. The SMILES string of the molecule is O=C(C=Cc1ccc(Oc2ccccc2)cc1)Nc1ccc(S(=O)(=O)Nc2nccs2)cc1. The molecule has 1 heterocycles. The van der Waals surface area contributed by atoms with Gasteiger partial charge in [0.1, 0.15) is 11.5 Å². The van der Waals surface area contributed by atoms with Gasteiger partial charge in [-0.2, -0.15) is 0 Å². The predicted molar refractivity (Wildman–Crippen MR) is 130 cm³/mol. The summed E-state index contributed by atoms with van der Waals surface area (Å²) in [6.07, 6.45) is 4.60. The first-order valence-electron chi connectivity index (χ1n) is 9.82. The number of nitrogens with one attached hydrogen (secondary N) is 2. The molecule has 0 unspecified atom stereocenters. The van der Waals surface area contributed by atoms with Crippen LogP contribution in [0.4, 0.5) is 10.8 Å². The molecule has 0 bridgehead atoms. The van der Waals surface area contributed by atoms with Gasteiger partial charge in [0, 0.05) is 23.3 Å². The van der Waals surface area contributed by atoms with Gasteiger partial charge in [-0.05, 0) is 60.2 Å². The van der Waals surface area contributed by atoms with Crippen molar-refractivity contribution < 1.29 is 17.9 Å². The number of sulfonamides is 1. The van der Waals surface area contributed by atoms with Crippen molar-refractivity contribution in [3.8, 4) is 11.5 Å². The molecule has 0 saturated carbocycles. The van der Waals surface area contributed by atoms with E-state index in [1.54, 1.807) is 11.5 Å². The number of carbonyl (C=O) groups excluding carboxylic acids is 1. The number of hydrogen-bond acceptors (Lipinski definition) is 6. The zero-order valence-corrected chi connectivity index (χ0v) is 18.8. The Hall–Kier alpha value is -3.95. The molecule has 0 atom stereocenters. The van der Waals surface area contributed by atoms with E-state index in [0.717, 1.165) is 11.3 Å². The second-order valence-electron chi connectivity index (χ2n) is 6.77. The van der Waals surface area contributed by atoms with Gasteiger partial charge < -0.3 is 10.1 Å². The van der Waals surface area contributed by atoms with Gasteiger partial charge in [0.2, 0.25) is 5.91 Å². The fraction of sp³-hybridized carbons (Fsp3) is 0. The van der Waals surface area contributed by atoms with E-state index >= 15 is 0 Å². The number of carbonyl (C=O) groups is 1. The smallest absolute Gasteiger partial charge is 0.263 e. The molecule has 0 saturated heterocycles. The first kappa shape index (κ1) is 22.3. The van der Waals surface area contributed by atoms with Crippen LogP contribution in [0.15, 0.2) is 101 Å². The highest BCUT2D eigenvalue weighted by Crippen LogP contribution is 2.22. The summed E-state index contributed by atoms with van der Waals surface area (Å²) in [6.45, 7) is 0. The minimum Gasteiger partial charge on any atom is -0.457 e. The van der Waals surface area contributed by atoms with E-state index in [1.165, 1.54) is 47.9 Å². The van der Waals surface area contributed by atoms with Gasteiger partial charge in [-0.1, -0.05) is 30.3 Å². The third kappa shape index (κ3) is 6.28. The molecule has 0 aliphatic heterocycles. The third-order valence-corrected chi connectivity index (χ3v) is 6.54. The van der Waals surface area contributed by atoms with Gasteiger partial charge >= 0.3 is 0 Å². The van der Waals surface area contributed by atoms with Crippen LogP contribution < -0.4 is 14.8 Å². The Bertz CT molecular complexity index is 1340. The van der Waals surface area contributed by atoms with Gasteiger partial charge in [0.25, 0.3) is 10.0 Å². The van der Waals surface area contributed by atoms with Crippen molar-refractivity contribution in [3.05, 3.63) is 102 Å². The van der Waals surface area contributed by atoms with Gasteiger partial charge in [0.05, 0.1) is 4.90 Å². The highest BCUT2D eigenvalue weighted by Gasteiger charge is 2.15. The Labute approximate surface area is 195 Å². The maximum Gasteiger partial charge on any atom is 0.263 e. The standard InChI is InChI=1S/C24H19N3O4S2/c28-23(15-8-18-6-11-21(12-7-18)31-20-4-2-1-3-5-20)26-19-9-13-22(14-10-19)33(29,30)27-24-25-16-17-32-24/h1-17H,(H,25,27)(H,26,28). The summed E-state index contributed by atoms with van der Waals surface area (Å²) in [7, 11) is -3.74. The second kappa shape index (κ2) is 10.1. The number of ether oxygens (including phenoxy) is 1. The van der Waals surface area contributed by atoms with Crippen LogP contribution in [0.3, 0.4) is 0 Å². The minimum atomic E-state index is -3.74. The zero-order valence-electron chi connectivity index (χ0n) is 17.2. The summed E-state index contributed by atoms with van der Waals surface area (Å²) in [6, 6.07) is 22.7. The molecular weight excluding hydrogens is 458 g/mol. The average molecular weight is 478 g/mol. The van der Waals surface area contributed by atoms with E-state index in [1.807, 2.05) is 54.6 Å². The lowest BCUT2D eigenvalue weighted by Crippen LogP contribution is -2.13. The normalized spacial score (nSPS) is 11.3. The lowest BCUT2D eigenvalue weighted by molar-refractivity contribution is -0.111. The van der Waals surface area contributed by atoms with Gasteiger partial charge in [-0.15, -0.1) is 11.3 Å². The summed E-state index contributed by atoms with van der Waals surface area (Å²) in [4.78, 5) is 16.2. The lowest BCUT2D eigenvalue weighted by Gasteiger charge is -2.07. The van der Waals surface area contributed by atoms with Gasteiger partial charge in [0.15, 0.2) is 5.13 Å². The van der Waals surface area contributed by atoms with Crippen LogP contribution in [-0.4, -0.2) is 19.3 Å². The van der Waals surface area contributed by atoms with Crippen molar-refractivity contribution in [1.82, 2.24) is 4.98 Å². The number of amides is 1. The van der Waals surface area contributed by atoms with Gasteiger partial charge in [-0.3, -0.25) is 9.52 Å². The molecular formula is C24H19N3O4S2. The van der Waals surface area contributed by atoms with E-state index in [0.29, 0.717) is 11.4 Å². The van der Waals surface area contributed by atoms with E-state index < -0.39 is 10.0 Å². The Morgan fingerprint density at radius 2 is 1.61 bits per heavy atom. The number of thiazole rings is 1. The monoisotopic (exact) mass is 477 g/mol. The highest BCUT2D eigenvalue weighted by atomic mass is 32.2. The Morgan fingerprint density at radius 1 is 0.909 bits per heavy atom. The Kier molecular flexibility index (Phi) is 6.82.